The average Bonchev–Trinajstić information content (AvgIpc) is 3.09. The van der Waals surface area contributed by atoms with Crippen molar-refractivity contribution in [3.05, 3.63) is 58.5 Å². The maximum absolute atomic E-state index is 13.0. The Morgan fingerprint density at radius 2 is 1.92 bits per heavy atom. The predicted octanol–water partition coefficient (Wildman–Crippen LogP) is 6.58. The summed E-state index contributed by atoms with van der Waals surface area (Å²) in [5, 5.41) is 2.24. The number of hydrogen-bond donors (Lipinski definition) is 1. The minimum absolute atomic E-state index is 0.113. The van der Waals surface area contributed by atoms with E-state index in [9.17, 15) is 19.2 Å². The summed E-state index contributed by atoms with van der Waals surface area (Å²) in [5.74, 6) is -1.14. The molecule has 1 heterocycles. The van der Waals surface area contributed by atoms with E-state index in [2.05, 4.69) is 50.5 Å². The lowest BCUT2D eigenvalue weighted by Gasteiger charge is -2.13. The number of nitrogens with zero attached hydrogens (tertiary/aromatic N) is 1. The van der Waals surface area contributed by atoms with Gasteiger partial charge in [-0.25, -0.2) is 4.79 Å². The van der Waals surface area contributed by atoms with Crippen molar-refractivity contribution in [1.29, 1.82) is 0 Å². The van der Waals surface area contributed by atoms with Gasteiger partial charge in [-0.2, -0.15) is 0 Å². The SMILES string of the molecule is CCCCOC(=O)c1cc(NC(=O)CN2C(=O)S/C(=C/c3cc(I)cc(I)c3OCC)C2=O)ccc1Cl. The third-order valence-corrected chi connectivity index (χ3v) is 7.65. The van der Waals surface area contributed by atoms with E-state index in [1.54, 1.807) is 6.08 Å². The molecular weight excluding hydrogens is 746 g/mol. The Kier molecular flexibility index (Phi) is 11.1. The average molecular weight is 769 g/mol. The zero-order valence-corrected chi connectivity index (χ0v) is 25.8. The summed E-state index contributed by atoms with van der Waals surface area (Å²) < 4.78 is 12.8. The molecule has 0 saturated carbocycles. The summed E-state index contributed by atoms with van der Waals surface area (Å²) in [6.07, 6.45) is 3.20. The molecule has 3 amide bonds. The van der Waals surface area contributed by atoms with Crippen LogP contribution < -0.4 is 10.1 Å². The largest absolute Gasteiger partial charge is 0.492 e. The number of amides is 3. The van der Waals surface area contributed by atoms with E-state index in [-0.39, 0.29) is 27.8 Å². The lowest BCUT2D eigenvalue weighted by Crippen LogP contribution is -2.36. The maximum atomic E-state index is 13.0. The number of nitrogens with one attached hydrogen (secondary N) is 1. The van der Waals surface area contributed by atoms with Crippen molar-refractivity contribution in [3.8, 4) is 5.75 Å². The predicted molar refractivity (Wildman–Crippen MR) is 161 cm³/mol. The van der Waals surface area contributed by atoms with Gasteiger partial charge < -0.3 is 14.8 Å². The van der Waals surface area contributed by atoms with Crippen molar-refractivity contribution in [2.45, 2.75) is 26.7 Å². The Morgan fingerprint density at radius 1 is 1.16 bits per heavy atom. The molecule has 37 heavy (non-hydrogen) atoms. The highest BCUT2D eigenvalue weighted by molar-refractivity contribution is 14.1. The first-order valence-corrected chi connectivity index (χ1v) is 14.6. The molecule has 2 aromatic rings. The van der Waals surface area contributed by atoms with Crippen LogP contribution in [0.5, 0.6) is 5.75 Å². The van der Waals surface area contributed by atoms with Gasteiger partial charge in [0.2, 0.25) is 5.91 Å². The molecule has 0 bridgehead atoms. The van der Waals surface area contributed by atoms with Crippen LogP contribution in [0, 0.1) is 7.14 Å². The van der Waals surface area contributed by atoms with E-state index in [0.29, 0.717) is 17.9 Å². The second-order valence-electron chi connectivity index (χ2n) is 7.74. The second-order valence-corrected chi connectivity index (χ2v) is 11.5. The molecule has 0 unspecified atom stereocenters. The first kappa shape index (κ1) is 29.7. The highest BCUT2D eigenvalue weighted by Gasteiger charge is 2.36. The summed E-state index contributed by atoms with van der Waals surface area (Å²) >= 11 is 11.2. The summed E-state index contributed by atoms with van der Waals surface area (Å²) in [7, 11) is 0. The third-order valence-electron chi connectivity index (χ3n) is 4.99. The maximum Gasteiger partial charge on any atom is 0.339 e. The van der Waals surface area contributed by atoms with Crippen LogP contribution in [-0.2, 0) is 14.3 Å². The first-order chi connectivity index (χ1) is 17.6. The van der Waals surface area contributed by atoms with Gasteiger partial charge >= 0.3 is 5.97 Å². The van der Waals surface area contributed by atoms with Crippen molar-refractivity contribution in [1.82, 2.24) is 4.90 Å². The van der Waals surface area contributed by atoms with Crippen molar-refractivity contribution in [3.63, 3.8) is 0 Å². The molecule has 12 heteroatoms. The van der Waals surface area contributed by atoms with Crippen LogP contribution in [0.4, 0.5) is 10.5 Å². The number of carbonyl (C=O) groups excluding carboxylic acids is 4. The molecule has 0 radical (unpaired) electrons. The summed E-state index contributed by atoms with van der Waals surface area (Å²) in [5.41, 5.74) is 1.07. The first-order valence-electron chi connectivity index (χ1n) is 11.3. The smallest absolute Gasteiger partial charge is 0.339 e. The Bertz CT molecular complexity index is 1270. The number of thioether (sulfide) groups is 1. The van der Waals surface area contributed by atoms with E-state index in [1.807, 2.05) is 26.0 Å². The molecule has 0 atom stereocenters. The molecule has 1 N–H and O–H groups in total. The Labute approximate surface area is 251 Å². The molecule has 0 spiro atoms. The van der Waals surface area contributed by atoms with Crippen molar-refractivity contribution < 1.29 is 28.7 Å². The second kappa shape index (κ2) is 13.8. The molecular formula is C25H23ClI2N2O6S. The summed E-state index contributed by atoms with van der Waals surface area (Å²) in [4.78, 5) is 51.6. The molecule has 1 fully saturated rings. The number of halogens is 3. The summed E-state index contributed by atoms with van der Waals surface area (Å²) in [6, 6.07) is 8.20. The quantitative estimate of drug-likeness (QED) is 0.126. The van der Waals surface area contributed by atoms with Crippen molar-refractivity contribution in [2.24, 2.45) is 0 Å². The molecule has 2 aromatic carbocycles. The lowest BCUT2D eigenvalue weighted by atomic mass is 10.2. The van der Waals surface area contributed by atoms with Gasteiger partial charge in [0.1, 0.15) is 12.3 Å². The topological polar surface area (TPSA) is 102 Å². The number of carbonyl (C=O) groups is 4. The van der Waals surface area contributed by atoms with Crippen LogP contribution in [0.3, 0.4) is 0 Å². The lowest BCUT2D eigenvalue weighted by molar-refractivity contribution is -0.127. The van der Waals surface area contributed by atoms with Gasteiger partial charge in [-0.05, 0) is 107 Å². The number of unbranched alkanes of at least 4 members (excludes halogenated alkanes) is 1. The van der Waals surface area contributed by atoms with E-state index in [4.69, 9.17) is 21.1 Å². The Morgan fingerprint density at radius 3 is 2.62 bits per heavy atom. The van der Waals surface area contributed by atoms with Crippen molar-refractivity contribution in [2.75, 3.05) is 25.1 Å². The van der Waals surface area contributed by atoms with Gasteiger partial charge in [0.25, 0.3) is 11.1 Å². The number of hydrogen-bond acceptors (Lipinski definition) is 7. The summed E-state index contributed by atoms with van der Waals surface area (Å²) in [6.45, 7) is 4.07. The van der Waals surface area contributed by atoms with Crippen LogP contribution in [-0.4, -0.2) is 47.7 Å². The highest BCUT2D eigenvalue weighted by atomic mass is 127. The standard InChI is InChI=1S/C25H23ClI2N2O6S/c1-3-5-8-36-24(33)17-12-16(6-7-18(17)26)29-21(31)13-30-23(32)20(37-25(30)34)10-14-9-15(27)11-19(28)22(14)35-4-2/h6-7,9-12H,3-5,8,13H2,1-2H3,(H,29,31)/b20-10+. The fraction of sp³-hybridized carbons (Fsp3) is 0.280. The van der Waals surface area contributed by atoms with Crippen molar-refractivity contribution >= 4 is 103 Å². The molecule has 3 rings (SSSR count). The zero-order chi connectivity index (χ0) is 27.1. The van der Waals surface area contributed by atoms with Gasteiger partial charge in [-0.3, -0.25) is 19.3 Å². The molecule has 1 saturated heterocycles. The number of rotatable bonds is 10. The van der Waals surface area contributed by atoms with Gasteiger partial charge in [0, 0.05) is 14.8 Å². The van der Waals surface area contributed by atoms with Gasteiger partial charge in [0.15, 0.2) is 0 Å². The number of benzene rings is 2. The molecule has 196 valence electrons. The van der Waals surface area contributed by atoms with Crippen LogP contribution in [0.2, 0.25) is 5.02 Å². The number of ether oxygens (including phenoxy) is 2. The third kappa shape index (κ3) is 7.83. The van der Waals surface area contributed by atoms with Crippen LogP contribution in [0.25, 0.3) is 6.08 Å². The Hall–Kier alpha value is -1.84. The molecule has 1 aliphatic rings. The van der Waals surface area contributed by atoms with Crippen LogP contribution >= 0.6 is 68.5 Å². The zero-order valence-electron chi connectivity index (χ0n) is 19.9. The minimum Gasteiger partial charge on any atom is -0.492 e. The molecule has 1 aliphatic heterocycles. The molecule has 8 nitrogen and oxygen atoms in total. The van der Waals surface area contributed by atoms with E-state index in [0.717, 1.165) is 36.6 Å². The van der Waals surface area contributed by atoms with E-state index < -0.39 is 29.6 Å². The molecule has 0 aromatic heterocycles. The normalized spacial score (nSPS) is 14.3. The Balaban J connectivity index is 1.72. The monoisotopic (exact) mass is 768 g/mol. The fourth-order valence-corrected chi connectivity index (χ4v) is 6.32. The number of esters is 1. The number of anilines is 1. The van der Waals surface area contributed by atoms with Crippen LogP contribution in [0.1, 0.15) is 42.6 Å². The number of imide groups is 1. The fourth-order valence-electron chi connectivity index (χ4n) is 3.25. The van der Waals surface area contributed by atoms with Gasteiger partial charge in [-0.15, -0.1) is 0 Å². The van der Waals surface area contributed by atoms with E-state index in [1.165, 1.54) is 18.2 Å². The molecule has 0 aliphatic carbocycles. The van der Waals surface area contributed by atoms with E-state index >= 15 is 0 Å². The minimum atomic E-state index is -0.602. The highest BCUT2D eigenvalue weighted by Crippen LogP contribution is 2.36. The van der Waals surface area contributed by atoms with Crippen LogP contribution in [0.15, 0.2) is 35.2 Å². The van der Waals surface area contributed by atoms with Gasteiger partial charge in [0.05, 0.1) is 32.3 Å². The van der Waals surface area contributed by atoms with Gasteiger partial charge in [-0.1, -0.05) is 24.9 Å².